The van der Waals surface area contributed by atoms with Crippen molar-refractivity contribution in [2.45, 2.75) is 6.92 Å². The largest absolute Gasteiger partial charge is 0.399 e. The van der Waals surface area contributed by atoms with E-state index in [1.54, 1.807) is 6.92 Å². The molecule has 50 valence electrons. The SMILES string of the molecule is C=C(N)/C=C(/F)C(=C)C. The van der Waals surface area contributed by atoms with E-state index in [0.29, 0.717) is 5.57 Å². The maximum atomic E-state index is 12.4. The Bertz CT molecular complexity index is 168. The molecule has 0 amide bonds. The highest BCUT2D eigenvalue weighted by Crippen LogP contribution is 2.07. The summed E-state index contributed by atoms with van der Waals surface area (Å²) in [4.78, 5) is 0. The summed E-state index contributed by atoms with van der Waals surface area (Å²) < 4.78 is 12.4. The van der Waals surface area contributed by atoms with Gasteiger partial charge < -0.3 is 5.73 Å². The predicted octanol–water partition coefficient (Wildman–Crippen LogP) is 1.89. The Kier molecular flexibility index (Phi) is 2.71. The molecule has 1 nitrogen and oxygen atoms in total. The average molecular weight is 127 g/mol. The van der Waals surface area contributed by atoms with Gasteiger partial charge in [-0.25, -0.2) is 4.39 Å². The van der Waals surface area contributed by atoms with Crippen molar-refractivity contribution < 1.29 is 4.39 Å². The van der Waals surface area contributed by atoms with Crippen LogP contribution in [0.5, 0.6) is 0 Å². The lowest BCUT2D eigenvalue weighted by Gasteiger charge is -1.92. The maximum Gasteiger partial charge on any atom is 0.127 e. The van der Waals surface area contributed by atoms with Gasteiger partial charge in [-0.15, -0.1) is 0 Å². The zero-order valence-corrected chi connectivity index (χ0v) is 5.45. The van der Waals surface area contributed by atoms with Gasteiger partial charge in [0, 0.05) is 5.70 Å². The Morgan fingerprint density at radius 1 is 1.56 bits per heavy atom. The van der Waals surface area contributed by atoms with Gasteiger partial charge in [0.15, 0.2) is 0 Å². The first-order valence-corrected chi connectivity index (χ1v) is 2.51. The van der Waals surface area contributed by atoms with E-state index in [1.165, 1.54) is 0 Å². The minimum Gasteiger partial charge on any atom is -0.399 e. The third kappa shape index (κ3) is 3.53. The van der Waals surface area contributed by atoms with Crippen molar-refractivity contribution in [3.05, 3.63) is 36.3 Å². The summed E-state index contributed by atoms with van der Waals surface area (Å²) in [6.45, 7) is 8.23. The molecular weight excluding hydrogens is 117 g/mol. The van der Waals surface area contributed by atoms with Crippen LogP contribution >= 0.6 is 0 Å². The van der Waals surface area contributed by atoms with Crippen LogP contribution in [0.1, 0.15) is 6.92 Å². The van der Waals surface area contributed by atoms with E-state index in [1.807, 2.05) is 0 Å². The molecule has 0 radical (unpaired) electrons. The van der Waals surface area contributed by atoms with Crippen LogP contribution in [-0.2, 0) is 0 Å². The minimum atomic E-state index is -0.414. The topological polar surface area (TPSA) is 26.0 Å². The molecule has 0 atom stereocenters. The van der Waals surface area contributed by atoms with Gasteiger partial charge in [0.05, 0.1) is 0 Å². The molecule has 2 heteroatoms. The average Bonchev–Trinajstić information content (AvgIpc) is 1.63. The van der Waals surface area contributed by atoms with Crippen molar-refractivity contribution in [2.24, 2.45) is 5.73 Å². The summed E-state index contributed by atoms with van der Waals surface area (Å²) in [6.07, 6.45) is 1.14. The highest BCUT2D eigenvalue weighted by molar-refractivity contribution is 5.26. The molecule has 9 heavy (non-hydrogen) atoms. The minimum absolute atomic E-state index is 0.204. The molecule has 0 unspecified atom stereocenters. The number of halogens is 1. The summed E-state index contributed by atoms with van der Waals surface area (Å²) in [6, 6.07) is 0. The molecule has 0 aromatic carbocycles. The Balaban J connectivity index is 4.17. The van der Waals surface area contributed by atoms with Gasteiger partial charge in [-0.05, 0) is 18.6 Å². The van der Waals surface area contributed by atoms with Gasteiger partial charge >= 0.3 is 0 Å². The standard InChI is InChI=1S/C7H10FN/c1-5(2)7(8)4-6(3)9/h4H,1,3,9H2,2H3/b7-4+. The number of nitrogens with two attached hydrogens (primary N) is 1. The van der Waals surface area contributed by atoms with Crippen molar-refractivity contribution in [3.8, 4) is 0 Å². The zero-order chi connectivity index (χ0) is 7.44. The van der Waals surface area contributed by atoms with Crippen molar-refractivity contribution in [3.63, 3.8) is 0 Å². The third-order valence-corrected chi connectivity index (χ3v) is 0.720. The number of hydrogen-bond acceptors (Lipinski definition) is 1. The van der Waals surface area contributed by atoms with Crippen LogP contribution in [-0.4, -0.2) is 0 Å². The number of hydrogen-bond donors (Lipinski definition) is 1. The van der Waals surface area contributed by atoms with Gasteiger partial charge in [-0.3, -0.25) is 0 Å². The summed E-state index contributed by atoms with van der Waals surface area (Å²) in [5.74, 6) is -0.414. The van der Waals surface area contributed by atoms with Gasteiger partial charge in [-0.1, -0.05) is 13.2 Å². The lowest BCUT2D eigenvalue weighted by Crippen LogP contribution is -1.90. The molecule has 0 aliphatic heterocycles. The van der Waals surface area contributed by atoms with Gasteiger partial charge in [0.2, 0.25) is 0 Å². The predicted molar refractivity (Wildman–Crippen MR) is 37.3 cm³/mol. The van der Waals surface area contributed by atoms with Crippen molar-refractivity contribution in [2.75, 3.05) is 0 Å². The van der Waals surface area contributed by atoms with Crippen LogP contribution in [0.15, 0.2) is 36.3 Å². The van der Waals surface area contributed by atoms with Crippen LogP contribution in [0.25, 0.3) is 0 Å². The van der Waals surface area contributed by atoms with Crippen molar-refractivity contribution >= 4 is 0 Å². The van der Waals surface area contributed by atoms with Gasteiger partial charge in [-0.2, -0.15) is 0 Å². The first-order valence-electron chi connectivity index (χ1n) is 2.51. The summed E-state index contributed by atoms with van der Waals surface area (Å²) in [5, 5.41) is 0. The highest BCUT2D eigenvalue weighted by Gasteiger charge is 1.92. The zero-order valence-electron chi connectivity index (χ0n) is 5.45. The molecule has 0 aromatic rings. The molecule has 0 fully saturated rings. The molecule has 0 bridgehead atoms. The second kappa shape index (κ2) is 3.07. The van der Waals surface area contributed by atoms with Crippen LogP contribution in [0, 0.1) is 0 Å². The highest BCUT2D eigenvalue weighted by atomic mass is 19.1. The van der Waals surface area contributed by atoms with Crippen LogP contribution < -0.4 is 5.73 Å². The fourth-order valence-electron chi connectivity index (χ4n) is 0.286. The molecule has 0 rings (SSSR count). The third-order valence-electron chi connectivity index (χ3n) is 0.720. The monoisotopic (exact) mass is 127 g/mol. The fourth-order valence-corrected chi connectivity index (χ4v) is 0.286. The molecule has 0 aliphatic rings. The van der Waals surface area contributed by atoms with E-state index in [-0.39, 0.29) is 5.70 Å². The molecule has 0 spiro atoms. The van der Waals surface area contributed by atoms with E-state index in [9.17, 15) is 4.39 Å². The van der Waals surface area contributed by atoms with Gasteiger partial charge in [0.25, 0.3) is 0 Å². The van der Waals surface area contributed by atoms with Gasteiger partial charge in [0.1, 0.15) is 5.83 Å². The maximum absolute atomic E-state index is 12.4. The van der Waals surface area contributed by atoms with Crippen molar-refractivity contribution in [1.82, 2.24) is 0 Å². The smallest absolute Gasteiger partial charge is 0.127 e. The molecule has 0 saturated heterocycles. The summed E-state index contributed by atoms with van der Waals surface area (Å²) in [7, 11) is 0. The molecule has 0 saturated carbocycles. The van der Waals surface area contributed by atoms with E-state index in [4.69, 9.17) is 5.73 Å². The van der Waals surface area contributed by atoms with E-state index < -0.39 is 5.83 Å². The van der Waals surface area contributed by atoms with E-state index >= 15 is 0 Å². The van der Waals surface area contributed by atoms with Crippen LogP contribution in [0.3, 0.4) is 0 Å². The number of allylic oxidation sites excluding steroid dienone is 3. The Morgan fingerprint density at radius 2 is 2.00 bits per heavy atom. The second-order valence-electron chi connectivity index (χ2n) is 1.85. The van der Waals surface area contributed by atoms with E-state index in [0.717, 1.165) is 6.08 Å². The lowest BCUT2D eigenvalue weighted by atomic mass is 10.3. The summed E-state index contributed by atoms with van der Waals surface area (Å²) in [5.41, 5.74) is 5.65. The van der Waals surface area contributed by atoms with Crippen LogP contribution in [0.2, 0.25) is 0 Å². The molecule has 0 aromatic heterocycles. The van der Waals surface area contributed by atoms with Crippen LogP contribution in [0.4, 0.5) is 4.39 Å². The first-order chi connectivity index (χ1) is 4.04. The van der Waals surface area contributed by atoms with Crippen molar-refractivity contribution in [1.29, 1.82) is 0 Å². The molecular formula is C7H10FN. The lowest BCUT2D eigenvalue weighted by molar-refractivity contribution is 0.651. The second-order valence-corrected chi connectivity index (χ2v) is 1.85. The Morgan fingerprint density at radius 3 is 2.11 bits per heavy atom. The first kappa shape index (κ1) is 7.95. The quantitative estimate of drug-likeness (QED) is 0.563. The normalized spacial score (nSPS) is 11.1. The molecule has 0 aliphatic carbocycles. The molecule has 2 N–H and O–H groups in total. The molecule has 0 heterocycles. The van der Waals surface area contributed by atoms with E-state index in [2.05, 4.69) is 13.2 Å². The summed E-state index contributed by atoms with van der Waals surface area (Å²) >= 11 is 0. The fraction of sp³-hybridized carbons (Fsp3) is 0.143. The Hall–Kier alpha value is -1.05. The number of rotatable bonds is 2. The Labute approximate surface area is 54.4 Å².